The number of aromatic amines is 1. The number of hydrogen-bond donors (Lipinski definition) is 1. The van der Waals surface area contributed by atoms with E-state index in [2.05, 4.69) is 51.4 Å². The third-order valence-electron chi connectivity index (χ3n) is 6.78. The summed E-state index contributed by atoms with van der Waals surface area (Å²) in [5.74, 6) is 1.54. The third-order valence-corrected chi connectivity index (χ3v) is 6.78. The Hall–Kier alpha value is -3.30. The molecular weight excluding hydrogens is 444 g/mol. The second-order valence-corrected chi connectivity index (χ2v) is 9.43. The van der Waals surface area contributed by atoms with Crippen molar-refractivity contribution >= 4 is 10.9 Å². The Balaban J connectivity index is 1.50. The topological polar surface area (TPSA) is 102 Å². The monoisotopic (exact) mass is 476 g/mol. The molecule has 0 radical (unpaired) electrons. The van der Waals surface area contributed by atoms with Gasteiger partial charge in [0.15, 0.2) is 5.82 Å². The molecule has 4 aromatic rings. The first kappa shape index (κ1) is 23.4. The van der Waals surface area contributed by atoms with E-state index in [-0.39, 0.29) is 17.7 Å². The Morgan fingerprint density at radius 1 is 1.29 bits per heavy atom. The van der Waals surface area contributed by atoms with Crippen molar-refractivity contribution in [2.24, 2.45) is 0 Å². The van der Waals surface area contributed by atoms with E-state index in [1.54, 1.807) is 10.9 Å². The average Bonchev–Trinajstić information content (AvgIpc) is 3.60. The number of aromatic nitrogens is 5. The summed E-state index contributed by atoms with van der Waals surface area (Å²) < 4.78 is 13.3. The number of aryl methyl sites for hydroxylation is 2. The summed E-state index contributed by atoms with van der Waals surface area (Å²) in [6.07, 6.45) is 4.63. The first-order valence-corrected chi connectivity index (χ1v) is 12.3. The summed E-state index contributed by atoms with van der Waals surface area (Å²) in [6, 6.07) is 9.92. The Bertz CT molecular complexity index is 1340. The lowest BCUT2D eigenvalue weighted by Crippen LogP contribution is -2.37. The minimum absolute atomic E-state index is 0.0631. The molecule has 35 heavy (non-hydrogen) atoms. The highest BCUT2D eigenvalue weighted by Gasteiger charge is 2.29. The Morgan fingerprint density at radius 2 is 2.17 bits per heavy atom. The molecule has 1 saturated heterocycles. The third kappa shape index (κ3) is 5.06. The molecule has 1 aliphatic heterocycles. The van der Waals surface area contributed by atoms with Gasteiger partial charge in [-0.25, -0.2) is 4.68 Å². The van der Waals surface area contributed by atoms with Crippen molar-refractivity contribution in [3.05, 3.63) is 75.2 Å². The van der Waals surface area contributed by atoms with Crippen LogP contribution in [0.1, 0.15) is 60.5 Å². The molecule has 9 nitrogen and oxygen atoms in total. The van der Waals surface area contributed by atoms with Crippen molar-refractivity contribution in [3.63, 3.8) is 0 Å². The van der Waals surface area contributed by atoms with Crippen LogP contribution in [0.3, 0.4) is 0 Å². The van der Waals surface area contributed by atoms with Crippen LogP contribution < -0.4 is 5.56 Å². The van der Waals surface area contributed by atoms with Crippen LogP contribution in [0.5, 0.6) is 0 Å². The molecule has 4 heterocycles. The molecule has 0 unspecified atom stereocenters. The van der Waals surface area contributed by atoms with E-state index in [1.807, 2.05) is 25.1 Å². The number of benzene rings is 1. The highest BCUT2D eigenvalue weighted by molar-refractivity contribution is 5.82. The predicted octanol–water partition coefficient (Wildman–Crippen LogP) is 3.91. The van der Waals surface area contributed by atoms with Crippen molar-refractivity contribution < 1.29 is 9.15 Å². The zero-order valence-corrected chi connectivity index (χ0v) is 20.5. The molecule has 0 aliphatic carbocycles. The van der Waals surface area contributed by atoms with Gasteiger partial charge in [0.2, 0.25) is 0 Å². The van der Waals surface area contributed by atoms with Crippen molar-refractivity contribution in [2.45, 2.75) is 65.3 Å². The molecule has 184 valence electrons. The molecule has 0 spiro atoms. The quantitative estimate of drug-likeness (QED) is 0.391. The van der Waals surface area contributed by atoms with E-state index in [0.29, 0.717) is 19.6 Å². The van der Waals surface area contributed by atoms with E-state index in [9.17, 15) is 4.79 Å². The standard InChI is InChI=1S/C26H32N6O3/c1-4-23(25-28-29-30-32(25)16-22-8-6-10-35-22)31(15-21-7-5-9-34-21)14-20-13-19-12-17(2)11-18(3)24(19)27-26(20)33/h6,8,10-13,21,23H,4-5,7,9,14-16H2,1-3H3,(H,27,33)/t21-,23+/m0/s1. The highest BCUT2D eigenvalue weighted by atomic mass is 16.5. The zero-order chi connectivity index (χ0) is 24.4. The van der Waals surface area contributed by atoms with Gasteiger partial charge in [-0.05, 0) is 78.8 Å². The lowest BCUT2D eigenvalue weighted by Gasteiger charge is -2.32. The number of ether oxygens (including phenoxy) is 1. The number of fused-ring (bicyclic) bond motifs is 1. The number of nitrogens with one attached hydrogen (secondary N) is 1. The molecule has 1 aromatic carbocycles. The molecule has 1 aliphatic rings. The summed E-state index contributed by atoms with van der Waals surface area (Å²) in [7, 11) is 0. The van der Waals surface area contributed by atoms with Crippen LogP contribution in [0.25, 0.3) is 10.9 Å². The molecular formula is C26H32N6O3. The molecule has 1 N–H and O–H groups in total. The largest absolute Gasteiger partial charge is 0.467 e. The molecule has 3 aromatic heterocycles. The number of pyridine rings is 1. The fraction of sp³-hybridized carbons (Fsp3) is 0.462. The summed E-state index contributed by atoms with van der Waals surface area (Å²) in [5.41, 5.74) is 3.80. The number of nitrogens with zero attached hydrogens (tertiary/aromatic N) is 5. The maximum absolute atomic E-state index is 13.1. The Morgan fingerprint density at radius 3 is 2.91 bits per heavy atom. The summed E-state index contributed by atoms with van der Waals surface area (Å²) in [5, 5.41) is 13.6. The van der Waals surface area contributed by atoms with Crippen LogP contribution in [0, 0.1) is 13.8 Å². The number of furan rings is 1. The molecule has 9 heteroatoms. The second kappa shape index (κ2) is 10.1. The van der Waals surface area contributed by atoms with Crippen LogP contribution in [0.15, 0.2) is 45.8 Å². The lowest BCUT2D eigenvalue weighted by atomic mass is 10.0. The van der Waals surface area contributed by atoms with E-state index < -0.39 is 0 Å². The van der Waals surface area contributed by atoms with Gasteiger partial charge in [0.1, 0.15) is 12.3 Å². The van der Waals surface area contributed by atoms with Crippen molar-refractivity contribution in [2.75, 3.05) is 13.2 Å². The van der Waals surface area contributed by atoms with Gasteiger partial charge in [-0.2, -0.15) is 0 Å². The smallest absolute Gasteiger partial charge is 0.252 e. The minimum Gasteiger partial charge on any atom is -0.467 e. The summed E-state index contributed by atoms with van der Waals surface area (Å²) >= 11 is 0. The molecule has 2 atom stereocenters. The minimum atomic E-state index is -0.0847. The first-order chi connectivity index (χ1) is 17.0. The Labute approximate surface area is 204 Å². The zero-order valence-electron chi connectivity index (χ0n) is 20.5. The normalized spacial score (nSPS) is 17.0. The number of tetrazole rings is 1. The summed E-state index contributed by atoms with van der Waals surface area (Å²) in [6.45, 7) is 8.64. The van der Waals surface area contributed by atoms with Crippen LogP contribution in [-0.2, 0) is 17.8 Å². The van der Waals surface area contributed by atoms with Crippen LogP contribution in [-0.4, -0.2) is 49.3 Å². The van der Waals surface area contributed by atoms with Gasteiger partial charge in [-0.1, -0.05) is 18.6 Å². The van der Waals surface area contributed by atoms with Crippen LogP contribution in [0.2, 0.25) is 0 Å². The maximum Gasteiger partial charge on any atom is 0.252 e. The van der Waals surface area contributed by atoms with Gasteiger partial charge in [0.25, 0.3) is 5.56 Å². The van der Waals surface area contributed by atoms with Gasteiger partial charge < -0.3 is 14.1 Å². The SMILES string of the molecule is CC[C@H](c1nnnn1Cc1ccco1)N(Cc1cc2cc(C)cc(C)c2[nH]c1=O)C[C@@H]1CCCO1. The van der Waals surface area contributed by atoms with Crippen molar-refractivity contribution in [1.82, 2.24) is 30.1 Å². The van der Waals surface area contributed by atoms with Crippen LogP contribution in [0.4, 0.5) is 0 Å². The Kier molecular flexibility index (Phi) is 6.79. The first-order valence-electron chi connectivity index (χ1n) is 12.3. The fourth-order valence-electron chi connectivity index (χ4n) is 5.14. The number of rotatable bonds is 9. The molecule has 0 bridgehead atoms. The maximum atomic E-state index is 13.1. The number of H-pyrrole nitrogens is 1. The average molecular weight is 477 g/mol. The van der Waals surface area contributed by atoms with Gasteiger partial charge in [-0.3, -0.25) is 9.69 Å². The van der Waals surface area contributed by atoms with E-state index in [1.165, 1.54) is 5.56 Å². The van der Waals surface area contributed by atoms with Crippen molar-refractivity contribution in [1.29, 1.82) is 0 Å². The molecule has 1 fully saturated rings. The van der Waals surface area contributed by atoms with E-state index >= 15 is 0 Å². The fourth-order valence-corrected chi connectivity index (χ4v) is 5.14. The highest BCUT2D eigenvalue weighted by Crippen LogP contribution is 2.27. The molecule has 0 saturated carbocycles. The van der Waals surface area contributed by atoms with Gasteiger partial charge >= 0.3 is 0 Å². The second-order valence-electron chi connectivity index (χ2n) is 9.43. The van der Waals surface area contributed by atoms with Gasteiger partial charge in [0, 0.05) is 25.3 Å². The summed E-state index contributed by atoms with van der Waals surface area (Å²) in [4.78, 5) is 18.6. The molecule has 5 rings (SSSR count). The van der Waals surface area contributed by atoms with Crippen molar-refractivity contribution in [3.8, 4) is 0 Å². The van der Waals surface area contributed by atoms with Gasteiger partial charge in [0.05, 0.1) is 23.9 Å². The van der Waals surface area contributed by atoms with Crippen LogP contribution >= 0.6 is 0 Å². The van der Waals surface area contributed by atoms with E-state index in [4.69, 9.17) is 9.15 Å². The molecule has 0 amide bonds. The van der Waals surface area contributed by atoms with Gasteiger partial charge in [-0.15, -0.1) is 5.10 Å². The lowest BCUT2D eigenvalue weighted by molar-refractivity contribution is 0.0488. The number of hydrogen-bond acceptors (Lipinski definition) is 7. The van der Waals surface area contributed by atoms with E-state index in [0.717, 1.165) is 59.5 Å². The predicted molar refractivity (Wildman–Crippen MR) is 132 cm³/mol.